The standard InChI is InChI=1S/C20H33N3O2/c1-16-12-17(2)14-23(13-16)19(24)15-21-8-10-22(11-9-21)20(25)18-6-4-3-5-7-18/h3-4,16-18H,5-15H2,1-2H3. The van der Waals surface area contributed by atoms with Crippen molar-refractivity contribution in [2.75, 3.05) is 45.8 Å². The fraction of sp³-hybridized carbons (Fsp3) is 0.800. The van der Waals surface area contributed by atoms with E-state index < -0.39 is 0 Å². The zero-order valence-electron chi connectivity index (χ0n) is 15.8. The van der Waals surface area contributed by atoms with Crippen LogP contribution >= 0.6 is 0 Å². The Hall–Kier alpha value is -1.36. The third-order valence-corrected chi connectivity index (χ3v) is 5.88. The van der Waals surface area contributed by atoms with Crippen LogP contribution in [0, 0.1) is 17.8 Å². The van der Waals surface area contributed by atoms with Crippen LogP contribution in [-0.2, 0) is 9.59 Å². The average Bonchev–Trinajstić information content (AvgIpc) is 2.61. The molecule has 140 valence electrons. The summed E-state index contributed by atoms with van der Waals surface area (Å²) in [5, 5.41) is 0. The third kappa shape index (κ3) is 4.84. The molecule has 2 heterocycles. The molecule has 3 aliphatic rings. The first-order valence-electron chi connectivity index (χ1n) is 9.97. The van der Waals surface area contributed by atoms with Crippen LogP contribution in [0.5, 0.6) is 0 Å². The maximum absolute atomic E-state index is 12.6. The number of hydrogen-bond acceptors (Lipinski definition) is 3. The highest BCUT2D eigenvalue weighted by molar-refractivity contribution is 5.80. The Bertz CT molecular complexity index is 501. The van der Waals surface area contributed by atoms with Gasteiger partial charge < -0.3 is 9.80 Å². The molecular formula is C20H33N3O2. The number of rotatable bonds is 3. The molecule has 0 bridgehead atoms. The van der Waals surface area contributed by atoms with Gasteiger partial charge >= 0.3 is 0 Å². The van der Waals surface area contributed by atoms with Gasteiger partial charge in [-0.1, -0.05) is 26.0 Å². The fourth-order valence-corrected chi connectivity index (χ4v) is 4.56. The lowest BCUT2D eigenvalue weighted by Crippen LogP contribution is -2.53. The largest absolute Gasteiger partial charge is 0.341 e. The number of amides is 2. The molecule has 2 fully saturated rings. The summed E-state index contributed by atoms with van der Waals surface area (Å²) in [7, 11) is 0. The lowest BCUT2D eigenvalue weighted by molar-refractivity contribution is -0.139. The molecule has 0 N–H and O–H groups in total. The van der Waals surface area contributed by atoms with Crippen molar-refractivity contribution in [2.45, 2.75) is 39.5 Å². The van der Waals surface area contributed by atoms with Gasteiger partial charge in [0.2, 0.25) is 11.8 Å². The summed E-state index contributed by atoms with van der Waals surface area (Å²) in [6.45, 7) is 9.94. The number of likely N-dealkylation sites (tertiary alicyclic amines) is 1. The maximum atomic E-state index is 12.6. The number of piperidine rings is 1. The van der Waals surface area contributed by atoms with Crippen molar-refractivity contribution in [3.05, 3.63) is 12.2 Å². The van der Waals surface area contributed by atoms with Gasteiger partial charge in [0.15, 0.2) is 0 Å². The maximum Gasteiger partial charge on any atom is 0.236 e. The van der Waals surface area contributed by atoms with Crippen molar-refractivity contribution in [3.63, 3.8) is 0 Å². The van der Waals surface area contributed by atoms with E-state index in [0.717, 1.165) is 58.5 Å². The summed E-state index contributed by atoms with van der Waals surface area (Å²) < 4.78 is 0. The topological polar surface area (TPSA) is 43.9 Å². The highest BCUT2D eigenvalue weighted by atomic mass is 16.2. The van der Waals surface area contributed by atoms with Crippen LogP contribution in [0.4, 0.5) is 0 Å². The van der Waals surface area contributed by atoms with Gasteiger partial charge in [-0.3, -0.25) is 14.5 Å². The molecular weight excluding hydrogens is 314 g/mol. The predicted octanol–water partition coefficient (Wildman–Crippen LogP) is 1.99. The molecule has 25 heavy (non-hydrogen) atoms. The van der Waals surface area contributed by atoms with Gasteiger partial charge in [-0.25, -0.2) is 0 Å². The van der Waals surface area contributed by atoms with Crippen LogP contribution in [0.2, 0.25) is 0 Å². The lowest BCUT2D eigenvalue weighted by atomic mass is 9.92. The van der Waals surface area contributed by atoms with E-state index in [2.05, 4.69) is 30.9 Å². The summed E-state index contributed by atoms with van der Waals surface area (Å²) in [6, 6.07) is 0. The van der Waals surface area contributed by atoms with Crippen LogP contribution in [0.25, 0.3) is 0 Å². The molecule has 2 saturated heterocycles. The lowest BCUT2D eigenvalue weighted by Gasteiger charge is -2.39. The van der Waals surface area contributed by atoms with Crippen LogP contribution in [0.15, 0.2) is 12.2 Å². The van der Waals surface area contributed by atoms with E-state index in [1.807, 2.05) is 9.80 Å². The SMILES string of the molecule is CC1CC(C)CN(C(=O)CN2CCN(C(=O)C3CC=CCC3)CC2)C1. The Morgan fingerprint density at radius 1 is 0.960 bits per heavy atom. The first-order valence-corrected chi connectivity index (χ1v) is 9.97. The van der Waals surface area contributed by atoms with Crippen molar-refractivity contribution in [1.82, 2.24) is 14.7 Å². The molecule has 5 nitrogen and oxygen atoms in total. The Labute approximate surface area is 152 Å². The number of carbonyl (C=O) groups is 2. The second kappa shape index (κ2) is 8.35. The Kier molecular flexibility index (Phi) is 6.15. The van der Waals surface area contributed by atoms with Gasteiger partial charge in [0.05, 0.1) is 6.54 Å². The van der Waals surface area contributed by atoms with E-state index in [-0.39, 0.29) is 11.8 Å². The van der Waals surface area contributed by atoms with E-state index in [0.29, 0.717) is 24.3 Å². The molecule has 1 aliphatic carbocycles. The molecule has 0 aromatic carbocycles. The molecule has 0 aromatic rings. The van der Waals surface area contributed by atoms with E-state index >= 15 is 0 Å². The quantitative estimate of drug-likeness (QED) is 0.734. The van der Waals surface area contributed by atoms with E-state index in [1.54, 1.807) is 0 Å². The molecule has 0 aromatic heterocycles. The molecule has 0 saturated carbocycles. The van der Waals surface area contributed by atoms with Crippen LogP contribution < -0.4 is 0 Å². The monoisotopic (exact) mass is 347 g/mol. The van der Waals surface area contributed by atoms with Crippen LogP contribution in [0.3, 0.4) is 0 Å². The van der Waals surface area contributed by atoms with E-state index in [9.17, 15) is 9.59 Å². The van der Waals surface area contributed by atoms with Gasteiger partial charge in [0.1, 0.15) is 0 Å². The normalized spacial score (nSPS) is 31.2. The number of allylic oxidation sites excluding steroid dienone is 2. The Balaban J connectivity index is 1.43. The highest BCUT2D eigenvalue weighted by Gasteiger charge is 2.30. The summed E-state index contributed by atoms with van der Waals surface area (Å²) in [4.78, 5) is 31.5. The Morgan fingerprint density at radius 3 is 2.24 bits per heavy atom. The van der Waals surface area contributed by atoms with Crippen molar-refractivity contribution in [3.8, 4) is 0 Å². The van der Waals surface area contributed by atoms with Crippen molar-refractivity contribution in [1.29, 1.82) is 0 Å². The highest BCUT2D eigenvalue weighted by Crippen LogP contribution is 2.22. The second-order valence-electron chi connectivity index (χ2n) is 8.33. The number of hydrogen-bond donors (Lipinski definition) is 0. The van der Waals surface area contributed by atoms with Crippen LogP contribution in [0.1, 0.15) is 39.5 Å². The molecule has 2 amide bonds. The molecule has 0 spiro atoms. The minimum atomic E-state index is 0.175. The Morgan fingerprint density at radius 2 is 1.64 bits per heavy atom. The first kappa shape index (κ1) is 18.4. The van der Waals surface area contributed by atoms with Gasteiger partial charge in [-0.2, -0.15) is 0 Å². The van der Waals surface area contributed by atoms with Gasteiger partial charge in [-0.15, -0.1) is 0 Å². The summed E-state index contributed by atoms with van der Waals surface area (Å²) >= 11 is 0. The second-order valence-corrected chi connectivity index (χ2v) is 8.33. The molecule has 5 heteroatoms. The van der Waals surface area contributed by atoms with Crippen LogP contribution in [-0.4, -0.2) is 72.3 Å². The minimum absolute atomic E-state index is 0.175. The predicted molar refractivity (Wildman–Crippen MR) is 99.0 cm³/mol. The summed E-state index contributed by atoms with van der Waals surface area (Å²) in [5.74, 6) is 1.96. The molecule has 2 aliphatic heterocycles. The first-order chi connectivity index (χ1) is 12.0. The average molecular weight is 348 g/mol. The van der Waals surface area contributed by atoms with Crippen molar-refractivity contribution < 1.29 is 9.59 Å². The molecule has 3 atom stereocenters. The zero-order chi connectivity index (χ0) is 17.8. The van der Waals surface area contributed by atoms with Gasteiger partial charge in [-0.05, 0) is 37.5 Å². The number of piperazine rings is 1. The smallest absolute Gasteiger partial charge is 0.236 e. The van der Waals surface area contributed by atoms with Gasteiger partial charge in [0.25, 0.3) is 0 Å². The third-order valence-electron chi connectivity index (χ3n) is 5.88. The molecule has 3 rings (SSSR count). The summed E-state index contributed by atoms with van der Waals surface area (Å²) in [5.41, 5.74) is 0. The molecule has 3 unspecified atom stereocenters. The summed E-state index contributed by atoms with van der Waals surface area (Å²) in [6.07, 6.45) is 8.44. The van der Waals surface area contributed by atoms with Crippen molar-refractivity contribution in [2.24, 2.45) is 17.8 Å². The zero-order valence-corrected chi connectivity index (χ0v) is 15.8. The fourth-order valence-electron chi connectivity index (χ4n) is 4.56. The minimum Gasteiger partial charge on any atom is -0.341 e. The van der Waals surface area contributed by atoms with E-state index in [1.165, 1.54) is 6.42 Å². The van der Waals surface area contributed by atoms with E-state index in [4.69, 9.17) is 0 Å². The number of carbonyl (C=O) groups excluding carboxylic acids is 2. The molecule has 0 radical (unpaired) electrons. The number of nitrogens with zero attached hydrogens (tertiary/aromatic N) is 3. The van der Waals surface area contributed by atoms with Gasteiger partial charge in [0, 0.05) is 45.2 Å². The van der Waals surface area contributed by atoms with Crippen molar-refractivity contribution >= 4 is 11.8 Å².